The van der Waals surface area contributed by atoms with Gasteiger partial charge in [-0.2, -0.15) is 0 Å². The number of aliphatic hydroxyl groups is 1. The van der Waals surface area contributed by atoms with Crippen LogP contribution in [0.1, 0.15) is 30.4 Å². The van der Waals surface area contributed by atoms with Crippen LogP contribution < -0.4 is 0 Å². The van der Waals surface area contributed by atoms with Gasteiger partial charge in [-0.3, -0.25) is 0 Å². The molecule has 0 fully saturated rings. The van der Waals surface area contributed by atoms with E-state index in [2.05, 4.69) is 18.0 Å². The van der Waals surface area contributed by atoms with E-state index in [0.717, 1.165) is 36.5 Å². The van der Waals surface area contributed by atoms with Gasteiger partial charge in [0, 0.05) is 18.2 Å². The highest BCUT2D eigenvalue weighted by Gasteiger charge is 2.05. The molecule has 0 saturated heterocycles. The molecule has 0 aliphatic carbocycles. The van der Waals surface area contributed by atoms with Crippen molar-refractivity contribution in [1.82, 2.24) is 4.98 Å². The maximum Gasteiger partial charge on any atom is 0.218 e. The maximum absolute atomic E-state index is 9.79. The summed E-state index contributed by atoms with van der Waals surface area (Å²) < 4.78 is 0. The van der Waals surface area contributed by atoms with Crippen molar-refractivity contribution in [3.63, 3.8) is 0 Å². The van der Waals surface area contributed by atoms with E-state index in [4.69, 9.17) is 5.11 Å². The topological polar surface area (TPSA) is 53.4 Å². The van der Waals surface area contributed by atoms with Crippen molar-refractivity contribution >= 4 is 10.8 Å². The average Bonchev–Trinajstić information content (AvgIpc) is 2.36. The van der Waals surface area contributed by atoms with Crippen LogP contribution in [-0.4, -0.2) is 21.8 Å². The van der Waals surface area contributed by atoms with Crippen LogP contribution in [0.3, 0.4) is 0 Å². The minimum Gasteiger partial charge on any atom is -0.493 e. The van der Waals surface area contributed by atoms with Gasteiger partial charge in [-0.05, 0) is 54.8 Å². The molecule has 2 N–H and O–H groups in total. The Balaban J connectivity index is 2.22. The van der Waals surface area contributed by atoms with Crippen molar-refractivity contribution in [2.45, 2.75) is 32.6 Å². The molecule has 1 aromatic heterocycles. The summed E-state index contributed by atoms with van der Waals surface area (Å²) in [5.74, 6) is 0.104. The number of unbranched alkanes of at least 4 members (excludes halogenated alkanes) is 2. The van der Waals surface area contributed by atoms with Gasteiger partial charge < -0.3 is 10.2 Å². The van der Waals surface area contributed by atoms with Crippen LogP contribution in [0, 0.1) is 6.92 Å². The number of aromatic nitrogens is 1. The van der Waals surface area contributed by atoms with Crippen LogP contribution in [0.4, 0.5) is 0 Å². The van der Waals surface area contributed by atoms with Crippen molar-refractivity contribution in [2.75, 3.05) is 6.61 Å². The molecular weight excluding hydrogens is 226 g/mol. The van der Waals surface area contributed by atoms with Crippen LogP contribution >= 0.6 is 0 Å². The number of benzene rings is 1. The summed E-state index contributed by atoms with van der Waals surface area (Å²) in [5, 5.41) is 20.4. The predicted octanol–water partition coefficient (Wildman–Crippen LogP) is 2.95. The Morgan fingerprint density at radius 2 is 1.94 bits per heavy atom. The van der Waals surface area contributed by atoms with Gasteiger partial charge in [0.1, 0.15) is 0 Å². The Morgan fingerprint density at radius 1 is 1.11 bits per heavy atom. The van der Waals surface area contributed by atoms with Crippen molar-refractivity contribution in [3.05, 3.63) is 35.5 Å². The number of aliphatic hydroxyl groups excluding tert-OH is 1. The number of aryl methyl sites for hydroxylation is 2. The SMILES string of the molecule is Cc1cc(CCCCCO)cc2c(O)nccc12. The van der Waals surface area contributed by atoms with E-state index in [1.54, 1.807) is 6.20 Å². The molecule has 0 bridgehead atoms. The Bertz CT molecular complexity index is 537. The minimum absolute atomic E-state index is 0.104. The predicted molar refractivity (Wildman–Crippen MR) is 72.8 cm³/mol. The summed E-state index contributed by atoms with van der Waals surface area (Å²) in [6.45, 7) is 2.32. The fourth-order valence-corrected chi connectivity index (χ4v) is 2.29. The Hall–Kier alpha value is -1.61. The summed E-state index contributed by atoms with van der Waals surface area (Å²) in [7, 11) is 0. The zero-order chi connectivity index (χ0) is 13.0. The number of rotatable bonds is 5. The lowest BCUT2D eigenvalue weighted by Crippen LogP contribution is -1.91. The monoisotopic (exact) mass is 245 g/mol. The molecular formula is C15H19NO2. The number of hydrogen-bond donors (Lipinski definition) is 2. The molecule has 2 aromatic rings. The third kappa shape index (κ3) is 2.79. The Kier molecular flexibility index (Phi) is 4.15. The first-order valence-electron chi connectivity index (χ1n) is 6.40. The molecule has 0 saturated carbocycles. The van der Waals surface area contributed by atoms with Gasteiger partial charge in [0.25, 0.3) is 0 Å². The summed E-state index contributed by atoms with van der Waals surface area (Å²) in [5.41, 5.74) is 2.39. The number of fused-ring (bicyclic) bond motifs is 1. The van der Waals surface area contributed by atoms with Crippen LogP contribution in [0.2, 0.25) is 0 Å². The van der Waals surface area contributed by atoms with E-state index in [9.17, 15) is 5.11 Å². The molecule has 0 spiro atoms. The number of pyridine rings is 1. The molecule has 1 heterocycles. The van der Waals surface area contributed by atoms with Gasteiger partial charge in [-0.15, -0.1) is 0 Å². The van der Waals surface area contributed by atoms with Crippen LogP contribution in [-0.2, 0) is 6.42 Å². The van der Waals surface area contributed by atoms with E-state index < -0.39 is 0 Å². The first-order valence-corrected chi connectivity index (χ1v) is 6.40. The minimum atomic E-state index is 0.104. The summed E-state index contributed by atoms with van der Waals surface area (Å²) in [6.07, 6.45) is 5.56. The van der Waals surface area contributed by atoms with Gasteiger partial charge in [0.05, 0.1) is 0 Å². The van der Waals surface area contributed by atoms with Gasteiger partial charge in [-0.25, -0.2) is 4.98 Å². The summed E-state index contributed by atoms with van der Waals surface area (Å²) in [4.78, 5) is 3.92. The van der Waals surface area contributed by atoms with E-state index in [-0.39, 0.29) is 12.5 Å². The van der Waals surface area contributed by atoms with Gasteiger partial charge in [0.15, 0.2) is 0 Å². The molecule has 0 radical (unpaired) electrons. The van der Waals surface area contributed by atoms with Crippen LogP contribution in [0.25, 0.3) is 10.8 Å². The summed E-state index contributed by atoms with van der Waals surface area (Å²) >= 11 is 0. The average molecular weight is 245 g/mol. The molecule has 0 unspecified atom stereocenters. The van der Waals surface area contributed by atoms with E-state index in [0.29, 0.717) is 0 Å². The molecule has 3 nitrogen and oxygen atoms in total. The highest BCUT2D eigenvalue weighted by atomic mass is 16.3. The second-order valence-corrected chi connectivity index (χ2v) is 4.68. The van der Waals surface area contributed by atoms with Crippen molar-refractivity contribution in [1.29, 1.82) is 0 Å². The molecule has 0 amide bonds. The van der Waals surface area contributed by atoms with E-state index >= 15 is 0 Å². The van der Waals surface area contributed by atoms with E-state index in [1.807, 2.05) is 12.1 Å². The molecule has 0 aliphatic heterocycles. The molecule has 18 heavy (non-hydrogen) atoms. The molecule has 3 heteroatoms. The number of nitrogens with zero attached hydrogens (tertiary/aromatic N) is 1. The second-order valence-electron chi connectivity index (χ2n) is 4.68. The molecule has 2 rings (SSSR count). The summed E-state index contributed by atoms with van der Waals surface area (Å²) in [6, 6.07) is 6.12. The zero-order valence-electron chi connectivity index (χ0n) is 10.7. The highest BCUT2D eigenvalue weighted by molar-refractivity contribution is 5.89. The fraction of sp³-hybridized carbons (Fsp3) is 0.400. The molecule has 96 valence electrons. The van der Waals surface area contributed by atoms with Crippen molar-refractivity contribution in [2.24, 2.45) is 0 Å². The lowest BCUT2D eigenvalue weighted by molar-refractivity contribution is 0.283. The second kappa shape index (κ2) is 5.83. The van der Waals surface area contributed by atoms with Gasteiger partial charge in [-0.1, -0.05) is 12.5 Å². The van der Waals surface area contributed by atoms with Gasteiger partial charge >= 0.3 is 0 Å². The first kappa shape index (κ1) is 12.8. The normalized spacial score (nSPS) is 11.0. The molecule has 0 aliphatic rings. The van der Waals surface area contributed by atoms with Crippen LogP contribution in [0.15, 0.2) is 24.4 Å². The quantitative estimate of drug-likeness (QED) is 0.796. The zero-order valence-corrected chi connectivity index (χ0v) is 10.7. The fourth-order valence-electron chi connectivity index (χ4n) is 2.29. The van der Waals surface area contributed by atoms with Gasteiger partial charge in [0.2, 0.25) is 5.88 Å². The number of hydrogen-bond acceptors (Lipinski definition) is 3. The molecule has 0 atom stereocenters. The van der Waals surface area contributed by atoms with Crippen molar-refractivity contribution < 1.29 is 10.2 Å². The molecule has 1 aromatic carbocycles. The maximum atomic E-state index is 9.79. The standard InChI is InChI=1S/C15H19NO2/c1-11-9-12(5-3-2-4-8-17)10-14-13(11)6-7-16-15(14)18/h6-7,9-10,17H,2-5,8H2,1H3,(H,16,18). The largest absolute Gasteiger partial charge is 0.493 e. The first-order chi connectivity index (χ1) is 8.72. The highest BCUT2D eigenvalue weighted by Crippen LogP contribution is 2.26. The smallest absolute Gasteiger partial charge is 0.218 e. The van der Waals surface area contributed by atoms with Crippen LogP contribution in [0.5, 0.6) is 5.88 Å². The third-order valence-electron chi connectivity index (χ3n) is 3.25. The lowest BCUT2D eigenvalue weighted by Gasteiger charge is -2.08. The Labute approximate surface area is 107 Å². The third-order valence-corrected chi connectivity index (χ3v) is 3.25. The van der Waals surface area contributed by atoms with E-state index in [1.165, 1.54) is 11.1 Å². The van der Waals surface area contributed by atoms with Crippen molar-refractivity contribution in [3.8, 4) is 5.88 Å². The Morgan fingerprint density at radius 3 is 2.72 bits per heavy atom. The lowest BCUT2D eigenvalue weighted by atomic mass is 9.99. The number of aromatic hydroxyl groups is 1.